The third kappa shape index (κ3) is 18.9. The number of thioether (sulfide) groups is 1. The summed E-state index contributed by atoms with van der Waals surface area (Å²) in [5.41, 5.74) is 0. The maximum absolute atomic E-state index is 11.9. The van der Waals surface area contributed by atoms with Gasteiger partial charge in [-0.05, 0) is 6.42 Å². The topological polar surface area (TPSA) is 107 Å². The number of carboxylic acids is 1. The zero-order valence-corrected chi connectivity index (χ0v) is 19.1. The van der Waals surface area contributed by atoms with Crippen molar-refractivity contribution in [1.82, 2.24) is 5.32 Å². The Hall–Kier alpha value is -0.790. The summed E-state index contributed by atoms with van der Waals surface area (Å²) in [5.74, 6) is -0.885. The highest BCUT2D eigenvalue weighted by Gasteiger charge is 2.20. The Labute approximate surface area is 181 Å². The van der Waals surface area contributed by atoms with E-state index in [1.54, 1.807) is 0 Å². The van der Waals surface area contributed by atoms with Crippen LogP contribution in [0.15, 0.2) is 0 Å². The van der Waals surface area contributed by atoms with Crippen molar-refractivity contribution in [2.45, 2.75) is 109 Å². The number of unbranched alkanes of at least 4 members (excludes halogenated alkanes) is 12. The molecule has 4 N–H and O–H groups in total. The van der Waals surface area contributed by atoms with Gasteiger partial charge in [-0.3, -0.25) is 4.79 Å². The van der Waals surface area contributed by atoms with Gasteiger partial charge in [0.05, 0.1) is 12.7 Å². The normalized spacial score (nSPS) is 13.2. The fraction of sp³-hybridized carbons (Fsp3) is 0.909. The third-order valence-electron chi connectivity index (χ3n) is 4.95. The number of hydrogen-bond acceptors (Lipinski definition) is 5. The highest BCUT2D eigenvalue weighted by molar-refractivity contribution is 7.99. The van der Waals surface area contributed by atoms with Gasteiger partial charge in [0.25, 0.3) is 0 Å². The molecule has 29 heavy (non-hydrogen) atoms. The van der Waals surface area contributed by atoms with E-state index in [2.05, 4.69) is 12.2 Å². The highest BCUT2D eigenvalue weighted by atomic mass is 32.2. The van der Waals surface area contributed by atoms with Crippen molar-refractivity contribution in [1.29, 1.82) is 0 Å². The predicted octanol–water partition coefficient (Wildman–Crippen LogP) is 4.12. The van der Waals surface area contributed by atoms with Crippen molar-refractivity contribution < 1.29 is 24.9 Å². The molecule has 172 valence electrons. The molecule has 0 heterocycles. The van der Waals surface area contributed by atoms with Gasteiger partial charge in [-0.1, -0.05) is 84.0 Å². The Morgan fingerprint density at radius 2 is 1.31 bits per heavy atom. The van der Waals surface area contributed by atoms with E-state index in [9.17, 15) is 19.8 Å². The first-order chi connectivity index (χ1) is 14.0. The number of rotatable bonds is 21. The number of hydrogen-bond donors (Lipinski definition) is 4. The van der Waals surface area contributed by atoms with Crippen LogP contribution in [-0.4, -0.2) is 57.5 Å². The SMILES string of the molecule is CCCCCCCCCCCCCCCC(=O)NC(CSCC(O)CO)C(=O)O. The molecule has 0 fully saturated rings. The van der Waals surface area contributed by atoms with E-state index >= 15 is 0 Å². The first-order valence-corrected chi connectivity index (χ1v) is 12.6. The minimum absolute atomic E-state index is 0.177. The van der Waals surface area contributed by atoms with Gasteiger partial charge in [0.1, 0.15) is 6.04 Å². The monoisotopic (exact) mass is 433 g/mol. The fourth-order valence-corrected chi connectivity index (χ4v) is 4.09. The Balaban J connectivity index is 3.58. The van der Waals surface area contributed by atoms with Crippen LogP contribution in [0.4, 0.5) is 0 Å². The van der Waals surface area contributed by atoms with Crippen molar-refractivity contribution >= 4 is 23.6 Å². The summed E-state index contributed by atoms with van der Waals surface area (Å²) in [6.07, 6.45) is 15.6. The van der Waals surface area contributed by atoms with Gasteiger partial charge in [-0.15, -0.1) is 0 Å². The smallest absolute Gasteiger partial charge is 0.327 e. The van der Waals surface area contributed by atoms with E-state index in [1.807, 2.05) is 0 Å². The second kappa shape index (κ2) is 20.5. The number of carbonyl (C=O) groups is 2. The Morgan fingerprint density at radius 3 is 1.76 bits per heavy atom. The van der Waals surface area contributed by atoms with Crippen LogP contribution >= 0.6 is 11.8 Å². The average molecular weight is 434 g/mol. The number of amides is 1. The number of aliphatic hydroxyl groups excluding tert-OH is 2. The largest absolute Gasteiger partial charge is 0.480 e. The van der Waals surface area contributed by atoms with Gasteiger partial charge in [0.2, 0.25) is 5.91 Å². The number of aliphatic hydroxyl groups is 2. The first-order valence-electron chi connectivity index (χ1n) is 11.4. The summed E-state index contributed by atoms with van der Waals surface area (Å²) in [4.78, 5) is 23.2. The van der Waals surface area contributed by atoms with Crippen molar-refractivity contribution in [3.8, 4) is 0 Å². The summed E-state index contributed by atoms with van der Waals surface area (Å²) in [6.45, 7) is 1.89. The zero-order chi connectivity index (χ0) is 21.7. The van der Waals surface area contributed by atoms with Crippen LogP contribution in [0, 0.1) is 0 Å². The quantitative estimate of drug-likeness (QED) is 0.203. The molecule has 2 atom stereocenters. The molecule has 0 aliphatic rings. The molecular formula is C22H43NO5S. The van der Waals surface area contributed by atoms with Crippen LogP contribution in [0.3, 0.4) is 0 Å². The molecule has 0 aromatic heterocycles. The molecule has 0 aliphatic heterocycles. The summed E-state index contributed by atoms with van der Waals surface area (Å²) < 4.78 is 0. The van der Waals surface area contributed by atoms with Gasteiger partial charge >= 0.3 is 5.97 Å². The van der Waals surface area contributed by atoms with Gasteiger partial charge in [-0.2, -0.15) is 11.8 Å². The van der Waals surface area contributed by atoms with E-state index < -0.39 is 18.1 Å². The van der Waals surface area contributed by atoms with Gasteiger partial charge in [-0.25, -0.2) is 4.79 Å². The maximum Gasteiger partial charge on any atom is 0.327 e. The average Bonchev–Trinajstić information content (AvgIpc) is 2.70. The van der Waals surface area contributed by atoms with Crippen LogP contribution < -0.4 is 5.32 Å². The lowest BCUT2D eigenvalue weighted by molar-refractivity contribution is -0.141. The molecule has 0 spiro atoms. The van der Waals surface area contributed by atoms with E-state index in [1.165, 1.54) is 76.0 Å². The Morgan fingerprint density at radius 1 is 0.828 bits per heavy atom. The van der Waals surface area contributed by atoms with E-state index in [-0.39, 0.29) is 24.0 Å². The fourth-order valence-electron chi connectivity index (χ4n) is 3.12. The Bertz CT molecular complexity index is 409. The van der Waals surface area contributed by atoms with Crippen LogP contribution in [-0.2, 0) is 9.59 Å². The number of carboxylic acid groups (broad SMARTS) is 1. The Kier molecular flexibility index (Phi) is 19.9. The molecule has 0 aromatic carbocycles. The lowest BCUT2D eigenvalue weighted by atomic mass is 10.0. The molecule has 0 saturated carbocycles. The van der Waals surface area contributed by atoms with E-state index in [0.717, 1.165) is 19.3 Å². The summed E-state index contributed by atoms with van der Waals surface area (Å²) in [6, 6.07) is -0.958. The minimum Gasteiger partial charge on any atom is -0.480 e. The van der Waals surface area contributed by atoms with Crippen LogP contribution in [0.25, 0.3) is 0 Å². The molecule has 0 aromatic rings. The van der Waals surface area contributed by atoms with Crippen LogP contribution in [0.5, 0.6) is 0 Å². The van der Waals surface area contributed by atoms with Gasteiger partial charge in [0, 0.05) is 17.9 Å². The van der Waals surface area contributed by atoms with E-state index in [4.69, 9.17) is 5.11 Å². The van der Waals surface area contributed by atoms with Gasteiger partial charge in [0.15, 0.2) is 0 Å². The molecule has 7 heteroatoms. The second-order valence-corrected chi connectivity index (χ2v) is 8.90. The molecule has 0 aliphatic carbocycles. The molecule has 0 saturated heterocycles. The second-order valence-electron chi connectivity index (χ2n) is 7.82. The third-order valence-corrected chi connectivity index (χ3v) is 6.14. The molecule has 2 unspecified atom stereocenters. The van der Waals surface area contributed by atoms with Crippen molar-refractivity contribution in [2.24, 2.45) is 0 Å². The standard InChI is InChI=1S/C22H43NO5S/c1-2-3-4-5-6-7-8-9-10-11-12-13-14-15-21(26)23-20(22(27)28)18-29-17-19(25)16-24/h19-20,24-25H,2-18H2,1H3,(H,23,26)(H,27,28). The van der Waals surface area contributed by atoms with Crippen LogP contribution in [0.1, 0.15) is 96.8 Å². The van der Waals surface area contributed by atoms with E-state index in [0.29, 0.717) is 6.42 Å². The van der Waals surface area contributed by atoms with Crippen molar-refractivity contribution in [3.63, 3.8) is 0 Å². The first kappa shape index (κ1) is 28.2. The predicted molar refractivity (Wildman–Crippen MR) is 120 cm³/mol. The lowest BCUT2D eigenvalue weighted by Crippen LogP contribution is -2.42. The number of carbonyl (C=O) groups excluding carboxylic acids is 1. The molecule has 0 rings (SSSR count). The maximum atomic E-state index is 11.9. The molecule has 1 amide bonds. The highest BCUT2D eigenvalue weighted by Crippen LogP contribution is 2.13. The summed E-state index contributed by atoms with van der Waals surface area (Å²) >= 11 is 1.21. The van der Waals surface area contributed by atoms with Crippen molar-refractivity contribution in [3.05, 3.63) is 0 Å². The molecule has 0 radical (unpaired) electrons. The molecule has 0 bridgehead atoms. The zero-order valence-electron chi connectivity index (χ0n) is 18.2. The number of aliphatic carboxylic acids is 1. The summed E-state index contributed by atoms with van der Waals surface area (Å²) in [5, 5.41) is 29.8. The summed E-state index contributed by atoms with van der Waals surface area (Å²) in [7, 11) is 0. The molecular weight excluding hydrogens is 390 g/mol. The lowest BCUT2D eigenvalue weighted by Gasteiger charge is -2.15. The van der Waals surface area contributed by atoms with Gasteiger partial charge < -0.3 is 20.6 Å². The molecule has 6 nitrogen and oxygen atoms in total. The minimum atomic E-state index is -1.07. The van der Waals surface area contributed by atoms with Crippen molar-refractivity contribution in [2.75, 3.05) is 18.1 Å². The number of nitrogens with one attached hydrogen (secondary N) is 1. The van der Waals surface area contributed by atoms with Crippen LogP contribution in [0.2, 0.25) is 0 Å².